The molecule has 0 bridgehead atoms. The van der Waals surface area contributed by atoms with Crippen LogP contribution in [0.2, 0.25) is 0 Å². The molecule has 1 atom stereocenters. The molecule has 1 fully saturated rings. The third-order valence-corrected chi connectivity index (χ3v) is 4.46. The van der Waals surface area contributed by atoms with Crippen LogP contribution in [0.1, 0.15) is 20.3 Å². The van der Waals surface area contributed by atoms with E-state index < -0.39 is 15.9 Å². The number of hydrogen-bond acceptors (Lipinski definition) is 4. The largest absolute Gasteiger partial charge is 0.345 e. The molecule has 0 radical (unpaired) electrons. The standard InChI is InChI=1S/C10H18N2O4S/c1-3-17(15,16)7-6-12-5-4-9(13)11-8(2)10(12)14/h8H,3-7H2,1-2H3,(H,11,13). The van der Waals surface area contributed by atoms with E-state index in [4.69, 9.17) is 0 Å². The van der Waals surface area contributed by atoms with Gasteiger partial charge in [0.15, 0.2) is 9.84 Å². The van der Waals surface area contributed by atoms with E-state index in [-0.39, 0.29) is 42.8 Å². The van der Waals surface area contributed by atoms with Gasteiger partial charge in [0.25, 0.3) is 0 Å². The van der Waals surface area contributed by atoms with Crippen molar-refractivity contribution in [1.29, 1.82) is 0 Å². The summed E-state index contributed by atoms with van der Waals surface area (Å²) in [6.45, 7) is 3.63. The van der Waals surface area contributed by atoms with Crippen LogP contribution in [-0.4, -0.2) is 55.8 Å². The van der Waals surface area contributed by atoms with Crippen molar-refractivity contribution in [2.75, 3.05) is 24.6 Å². The first-order valence-electron chi connectivity index (χ1n) is 5.64. The van der Waals surface area contributed by atoms with Crippen LogP contribution in [0.25, 0.3) is 0 Å². The lowest BCUT2D eigenvalue weighted by Crippen LogP contribution is -2.44. The second-order valence-electron chi connectivity index (χ2n) is 4.10. The van der Waals surface area contributed by atoms with Crippen LogP contribution in [0, 0.1) is 0 Å². The first kappa shape index (κ1) is 14.0. The Morgan fingerprint density at radius 1 is 1.41 bits per heavy atom. The van der Waals surface area contributed by atoms with Gasteiger partial charge in [-0.15, -0.1) is 0 Å². The van der Waals surface area contributed by atoms with Crippen molar-refractivity contribution >= 4 is 21.7 Å². The maximum Gasteiger partial charge on any atom is 0.244 e. The smallest absolute Gasteiger partial charge is 0.244 e. The normalized spacial score (nSPS) is 22.2. The van der Waals surface area contributed by atoms with Crippen LogP contribution in [-0.2, 0) is 19.4 Å². The van der Waals surface area contributed by atoms with Gasteiger partial charge in [-0.05, 0) is 6.92 Å². The number of sulfone groups is 1. The molecule has 1 heterocycles. The first-order chi connectivity index (χ1) is 7.85. The van der Waals surface area contributed by atoms with E-state index in [0.717, 1.165) is 0 Å². The molecule has 1 saturated heterocycles. The Kier molecular flexibility index (Phi) is 4.50. The molecule has 1 rings (SSSR count). The van der Waals surface area contributed by atoms with Gasteiger partial charge >= 0.3 is 0 Å². The molecule has 7 heteroatoms. The van der Waals surface area contributed by atoms with Gasteiger partial charge < -0.3 is 10.2 Å². The van der Waals surface area contributed by atoms with Crippen molar-refractivity contribution in [1.82, 2.24) is 10.2 Å². The zero-order chi connectivity index (χ0) is 13.1. The minimum atomic E-state index is -3.08. The molecule has 1 aliphatic heterocycles. The van der Waals surface area contributed by atoms with E-state index in [2.05, 4.69) is 5.32 Å². The summed E-state index contributed by atoms with van der Waals surface area (Å²) in [5.74, 6) is -0.369. The van der Waals surface area contributed by atoms with Gasteiger partial charge in [0.1, 0.15) is 6.04 Å². The number of amides is 2. The van der Waals surface area contributed by atoms with Crippen LogP contribution < -0.4 is 5.32 Å². The van der Waals surface area contributed by atoms with Crippen molar-refractivity contribution < 1.29 is 18.0 Å². The Morgan fingerprint density at radius 2 is 2.06 bits per heavy atom. The molecule has 0 aromatic carbocycles. The molecule has 17 heavy (non-hydrogen) atoms. The van der Waals surface area contributed by atoms with Crippen LogP contribution in [0.4, 0.5) is 0 Å². The highest BCUT2D eigenvalue weighted by atomic mass is 32.2. The van der Waals surface area contributed by atoms with E-state index in [1.54, 1.807) is 13.8 Å². The molecule has 0 aromatic rings. The van der Waals surface area contributed by atoms with Gasteiger partial charge in [-0.25, -0.2) is 8.42 Å². The van der Waals surface area contributed by atoms with E-state index in [9.17, 15) is 18.0 Å². The number of carbonyl (C=O) groups excluding carboxylic acids is 2. The topological polar surface area (TPSA) is 83.6 Å². The number of hydrogen-bond donors (Lipinski definition) is 1. The molecule has 98 valence electrons. The Bertz CT molecular complexity index is 405. The minimum Gasteiger partial charge on any atom is -0.345 e. The number of rotatable bonds is 4. The summed E-state index contributed by atoms with van der Waals surface area (Å²) in [5.41, 5.74) is 0. The molecule has 0 aromatic heterocycles. The summed E-state index contributed by atoms with van der Waals surface area (Å²) < 4.78 is 22.7. The summed E-state index contributed by atoms with van der Waals surface area (Å²) in [7, 11) is -3.08. The molecule has 0 saturated carbocycles. The highest BCUT2D eigenvalue weighted by Crippen LogP contribution is 2.04. The van der Waals surface area contributed by atoms with E-state index in [1.807, 2.05) is 0 Å². The van der Waals surface area contributed by atoms with Gasteiger partial charge in [-0.1, -0.05) is 6.92 Å². The lowest BCUT2D eigenvalue weighted by molar-refractivity contribution is -0.132. The molecule has 2 amide bonds. The summed E-state index contributed by atoms with van der Waals surface area (Å²) in [6, 6.07) is -0.575. The van der Waals surface area contributed by atoms with Crippen LogP contribution in [0.3, 0.4) is 0 Å². The first-order valence-corrected chi connectivity index (χ1v) is 7.46. The van der Waals surface area contributed by atoms with Gasteiger partial charge in [0.2, 0.25) is 11.8 Å². The van der Waals surface area contributed by atoms with Crippen LogP contribution >= 0.6 is 0 Å². The van der Waals surface area contributed by atoms with Gasteiger partial charge in [0.05, 0.1) is 5.75 Å². The van der Waals surface area contributed by atoms with E-state index >= 15 is 0 Å². The highest BCUT2D eigenvalue weighted by Gasteiger charge is 2.26. The molecule has 0 spiro atoms. The van der Waals surface area contributed by atoms with Gasteiger partial charge in [0, 0.05) is 25.3 Å². The molecule has 1 aliphatic rings. The zero-order valence-corrected chi connectivity index (χ0v) is 10.9. The second kappa shape index (κ2) is 5.48. The third kappa shape index (κ3) is 3.99. The van der Waals surface area contributed by atoms with Crippen molar-refractivity contribution in [2.45, 2.75) is 26.3 Å². The Hall–Kier alpha value is -1.11. The molecular formula is C10H18N2O4S. The molecule has 0 aliphatic carbocycles. The lowest BCUT2D eigenvalue weighted by Gasteiger charge is -2.21. The van der Waals surface area contributed by atoms with Gasteiger partial charge in [-0.3, -0.25) is 9.59 Å². The van der Waals surface area contributed by atoms with Crippen molar-refractivity contribution in [3.63, 3.8) is 0 Å². The Morgan fingerprint density at radius 3 is 2.65 bits per heavy atom. The summed E-state index contributed by atoms with van der Waals surface area (Å²) in [5, 5.41) is 2.55. The van der Waals surface area contributed by atoms with E-state index in [0.29, 0.717) is 0 Å². The quantitative estimate of drug-likeness (QED) is 0.716. The predicted molar refractivity (Wildman–Crippen MR) is 63.1 cm³/mol. The SMILES string of the molecule is CCS(=O)(=O)CCN1CCC(=O)NC(C)C1=O. The fourth-order valence-electron chi connectivity index (χ4n) is 1.61. The molecule has 1 N–H and O–H groups in total. The fraction of sp³-hybridized carbons (Fsp3) is 0.800. The average molecular weight is 262 g/mol. The summed E-state index contributed by atoms with van der Waals surface area (Å²) in [4.78, 5) is 24.5. The zero-order valence-electron chi connectivity index (χ0n) is 10.1. The van der Waals surface area contributed by atoms with Crippen molar-refractivity contribution in [2.24, 2.45) is 0 Å². The number of nitrogens with one attached hydrogen (secondary N) is 1. The number of carbonyl (C=O) groups is 2. The molecular weight excluding hydrogens is 244 g/mol. The maximum atomic E-state index is 11.8. The van der Waals surface area contributed by atoms with Crippen molar-refractivity contribution in [3.8, 4) is 0 Å². The highest BCUT2D eigenvalue weighted by molar-refractivity contribution is 7.91. The summed E-state index contributed by atoms with van der Waals surface area (Å²) in [6.07, 6.45) is 0.224. The van der Waals surface area contributed by atoms with Crippen LogP contribution in [0.15, 0.2) is 0 Å². The minimum absolute atomic E-state index is 0.0455. The van der Waals surface area contributed by atoms with Crippen LogP contribution in [0.5, 0.6) is 0 Å². The van der Waals surface area contributed by atoms with Crippen molar-refractivity contribution in [3.05, 3.63) is 0 Å². The summed E-state index contributed by atoms with van der Waals surface area (Å²) >= 11 is 0. The number of nitrogens with zero attached hydrogens (tertiary/aromatic N) is 1. The lowest BCUT2D eigenvalue weighted by atomic mass is 10.3. The monoisotopic (exact) mass is 262 g/mol. The molecule has 6 nitrogen and oxygen atoms in total. The second-order valence-corrected chi connectivity index (χ2v) is 6.57. The average Bonchev–Trinajstić information content (AvgIpc) is 2.38. The Balaban J connectivity index is 2.64. The molecule has 1 unspecified atom stereocenters. The third-order valence-electron chi connectivity index (χ3n) is 2.78. The maximum absolute atomic E-state index is 11.8. The van der Waals surface area contributed by atoms with E-state index in [1.165, 1.54) is 4.90 Å². The fourth-order valence-corrected chi connectivity index (χ4v) is 2.40. The predicted octanol–water partition coefficient (Wildman–Crippen LogP) is -0.842. The van der Waals surface area contributed by atoms with Gasteiger partial charge in [-0.2, -0.15) is 0 Å². The Labute approximate surface area is 101 Å².